The number of aromatic nitrogens is 2. The van der Waals surface area contributed by atoms with Gasteiger partial charge in [0.15, 0.2) is 11.5 Å². The molecular weight excluding hydrogens is 336 g/mol. The van der Waals surface area contributed by atoms with Crippen molar-refractivity contribution in [3.05, 3.63) is 51.2 Å². The third-order valence-corrected chi connectivity index (χ3v) is 3.65. The van der Waals surface area contributed by atoms with Gasteiger partial charge in [0.25, 0.3) is 5.56 Å². The van der Waals surface area contributed by atoms with Gasteiger partial charge in [0.2, 0.25) is 0 Å². The van der Waals surface area contributed by atoms with Crippen LogP contribution in [0.1, 0.15) is 36.0 Å². The average Bonchev–Trinajstić information content (AvgIpc) is 2.61. The van der Waals surface area contributed by atoms with Crippen LogP contribution in [0, 0.1) is 6.92 Å². The van der Waals surface area contributed by atoms with Gasteiger partial charge in [-0.2, -0.15) is 0 Å². The van der Waals surface area contributed by atoms with Crippen LogP contribution in [0.2, 0.25) is 0 Å². The first kappa shape index (κ1) is 19.2. The Morgan fingerprint density at radius 2 is 2.08 bits per heavy atom. The molecule has 0 aliphatic rings. The average molecular weight is 358 g/mol. The van der Waals surface area contributed by atoms with Crippen molar-refractivity contribution < 1.29 is 19.4 Å². The van der Waals surface area contributed by atoms with E-state index in [9.17, 15) is 9.59 Å². The van der Waals surface area contributed by atoms with Crippen LogP contribution in [0.15, 0.2) is 23.0 Å². The van der Waals surface area contributed by atoms with E-state index in [2.05, 4.69) is 9.97 Å². The lowest BCUT2D eigenvalue weighted by Crippen LogP contribution is -2.20. The standard InChI is InChI=1S/C19H22N2O5/c1-4-9-26-15-7-5-13(10-16(15)25-3)6-8-17-20-12(2)14(11-18(22)23)19(24)21-17/h5-8,10H,4,9,11H2,1-3H3,(H,22,23)(H,20,21,24). The summed E-state index contributed by atoms with van der Waals surface area (Å²) in [4.78, 5) is 29.7. The molecule has 1 aromatic carbocycles. The van der Waals surface area contributed by atoms with Crippen LogP contribution in [0.5, 0.6) is 11.5 Å². The van der Waals surface area contributed by atoms with Crippen molar-refractivity contribution in [1.82, 2.24) is 9.97 Å². The number of hydrogen-bond acceptors (Lipinski definition) is 5. The summed E-state index contributed by atoms with van der Waals surface area (Å²) in [7, 11) is 1.57. The first-order valence-corrected chi connectivity index (χ1v) is 8.25. The number of carboxylic acid groups (broad SMARTS) is 1. The lowest BCUT2D eigenvalue weighted by Gasteiger charge is -2.10. The second-order valence-electron chi connectivity index (χ2n) is 5.68. The third kappa shape index (κ3) is 4.95. The van der Waals surface area contributed by atoms with E-state index in [1.807, 2.05) is 25.1 Å². The van der Waals surface area contributed by atoms with E-state index in [0.717, 1.165) is 12.0 Å². The summed E-state index contributed by atoms with van der Waals surface area (Å²) in [6, 6.07) is 5.52. The molecule has 2 rings (SSSR count). The molecule has 0 saturated heterocycles. The van der Waals surface area contributed by atoms with E-state index in [0.29, 0.717) is 29.6 Å². The number of methoxy groups -OCH3 is 1. The Labute approximate surface area is 151 Å². The summed E-state index contributed by atoms with van der Waals surface area (Å²) in [5.74, 6) is 0.579. The number of aryl methyl sites for hydroxylation is 1. The van der Waals surface area contributed by atoms with Crippen LogP contribution in [0.4, 0.5) is 0 Å². The lowest BCUT2D eigenvalue weighted by atomic mass is 10.1. The maximum Gasteiger partial charge on any atom is 0.308 e. The summed E-state index contributed by atoms with van der Waals surface area (Å²) in [6.07, 6.45) is 3.98. The molecule has 0 radical (unpaired) electrons. The molecule has 0 bridgehead atoms. The van der Waals surface area contributed by atoms with E-state index < -0.39 is 11.5 Å². The van der Waals surface area contributed by atoms with Crippen LogP contribution < -0.4 is 15.0 Å². The molecule has 26 heavy (non-hydrogen) atoms. The Balaban J connectivity index is 2.24. The van der Waals surface area contributed by atoms with E-state index in [-0.39, 0.29) is 12.0 Å². The normalized spacial score (nSPS) is 10.9. The molecule has 0 spiro atoms. The second kappa shape index (κ2) is 8.84. The van der Waals surface area contributed by atoms with Crippen molar-refractivity contribution in [3.63, 3.8) is 0 Å². The molecular formula is C19H22N2O5. The number of carbonyl (C=O) groups is 1. The number of aromatic amines is 1. The first-order chi connectivity index (χ1) is 12.4. The molecule has 0 aliphatic carbocycles. The van der Waals surface area contributed by atoms with Crippen LogP contribution >= 0.6 is 0 Å². The molecule has 0 fully saturated rings. The topological polar surface area (TPSA) is 102 Å². The van der Waals surface area contributed by atoms with Crippen molar-refractivity contribution in [1.29, 1.82) is 0 Å². The van der Waals surface area contributed by atoms with Crippen molar-refractivity contribution >= 4 is 18.1 Å². The van der Waals surface area contributed by atoms with E-state index in [4.69, 9.17) is 14.6 Å². The minimum atomic E-state index is -1.07. The molecule has 0 unspecified atom stereocenters. The first-order valence-electron chi connectivity index (χ1n) is 8.25. The van der Waals surface area contributed by atoms with Crippen molar-refractivity contribution in [3.8, 4) is 11.5 Å². The maximum atomic E-state index is 12.0. The Bertz CT molecular complexity index is 871. The van der Waals surface area contributed by atoms with E-state index in [1.165, 1.54) is 0 Å². The summed E-state index contributed by atoms with van der Waals surface area (Å²) >= 11 is 0. The largest absolute Gasteiger partial charge is 0.493 e. The highest BCUT2D eigenvalue weighted by molar-refractivity contribution is 5.71. The molecule has 0 saturated carbocycles. The molecule has 2 N–H and O–H groups in total. The Kier molecular flexibility index (Phi) is 6.54. The Morgan fingerprint density at radius 1 is 1.31 bits per heavy atom. The smallest absolute Gasteiger partial charge is 0.308 e. The van der Waals surface area contributed by atoms with Gasteiger partial charge >= 0.3 is 5.97 Å². The molecule has 7 heteroatoms. The van der Waals surface area contributed by atoms with Gasteiger partial charge in [-0.15, -0.1) is 0 Å². The van der Waals surface area contributed by atoms with Gasteiger partial charge in [0, 0.05) is 11.3 Å². The van der Waals surface area contributed by atoms with Gasteiger partial charge in [0.1, 0.15) is 5.82 Å². The molecule has 0 aliphatic heterocycles. The predicted octanol–water partition coefficient (Wildman–Crippen LogP) is 2.67. The van der Waals surface area contributed by atoms with E-state index >= 15 is 0 Å². The summed E-state index contributed by atoms with van der Waals surface area (Å²) < 4.78 is 11.0. The number of nitrogens with one attached hydrogen (secondary N) is 1. The van der Waals surface area contributed by atoms with E-state index in [1.54, 1.807) is 26.2 Å². The number of H-pyrrole nitrogens is 1. The molecule has 0 atom stereocenters. The van der Waals surface area contributed by atoms with Crippen LogP contribution in [0.3, 0.4) is 0 Å². The van der Waals surface area contributed by atoms with Gasteiger partial charge in [-0.05, 0) is 37.1 Å². The zero-order chi connectivity index (χ0) is 19.1. The van der Waals surface area contributed by atoms with Gasteiger partial charge in [0.05, 0.1) is 20.1 Å². The minimum Gasteiger partial charge on any atom is -0.493 e. The quantitative estimate of drug-likeness (QED) is 0.752. The number of benzene rings is 1. The molecule has 1 heterocycles. The highest BCUT2D eigenvalue weighted by Crippen LogP contribution is 2.28. The minimum absolute atomic E-state index is 0.161. The number of ether oxygens (including phenoxy) is 2. The van der Waals surface area contributed by atoms with Crippen molar-refractivity contribution in [2.24, 2.45) is 0 Å². The number of carboxylic acids is 1. The monoisotopic (exact) mass is 358 g/mol. The van der Waals surface area contributed by atoms with Crippen molar-refractivity contribution in [2.75, 3.05) is 13.7 Å². The predicted molar refractivity (Wildman–Crippen MR) is 98.6 cm³/mol. The van der Waals surface area contributed by atoms with Gasteiger partial charge in [-0.3, -0.25) is 9.59 Å². The second-order valence-corrected chi connectivity index (χ2v) is 5.68. The number of aliphatic carboxylic acids is 1. The fourth-order valence-corrected chi connectivity index (χ4v) is 2.36. The Morgan fingerprint density at radius 3 is 2.69 bits per heavy atom. The fraction of sp³-hybridized carbons (Fsp3) is 0.316. The molecule has 1 aromatic heterocycles. The molecule has 0 amide bonds. The maximum absolute atomic E-state index is 12.0. The number of hydrogen-bond donors (Lipinski definition) is 2. The highest BCUT2D eigenvalue weighted by Gasteiger charge is 2.11. The zero-order valence-electron chi connectivity index (χ0n) is 15.0. The number of rotatable bonds is 8. The third-order valence-electron chi connectivity index (χ3n) is 3.65. The summed E-state index contributed by atoms with van der Waals surface area (Å²) in [5, 5.41) is 8.85. The molecule has 2 aromatic rings. The van der Waals surface area contributed by atoms with Crippen molar-refractivity contribution in [2.45, 2.75) is 26.7 Å². The fourth-order valence-electron chi connectivity index (χ4n) is 2.36. The van der Waals surface area contributed by atoms with Crippen LogP contribution in [-0.2, 0) is 11.2 Å². The summed E-state index contributed by atoms with van der Waals surface area (Å²) in [5.41, 5.74) is 0.964. The molecule has 138 valence electrons. The SMILES string of the molecule is CCCOc1ccc(C=Cc2nc(C)c(CC(=O)O)c(=O)[nH]2)cc1OC. The zero-order valence-corrected chi connectivity index (χ0v) is 15.0. The Hall–Kier alpha value is -3.09. The lowest BCUT2D eigenvalue weighted by molar-refractivity contribution is -0.136. The van der Waals surface area contributed by atoms with Gasteiger partial charge in [-0.1, -0.05) is 19.1 Å². The number of nitrogens with zero attached hydrogens (tertiary/aromatic N) is 1. The highest BCUT2D eigenvalue weighted by atomic mass is 16.5. The van der Waals surface area contributed by atoms with Gasteiger partial charge in [-0.25, -0.2) is 4.98 Å². The summed E-state index contributed by atoms with van der Waals surface area (Å²) in [6.45, 7) is 4.26. The van der Waals surface area contributed by atoms with Crippen LogP contribution in [-0.4, -0.2) is 34.8 Å². The molecule has 7 nitrogen and oxygen atoms in total. The van der Waals surface area contributed by atoms with Gasteiger partial charge < -0.3 is 19.6 Å². The van der Waals surface area contributed by atoms with Crippen LogP contribution in [0.25, 0.3) is 12.2 Å².